The normalized spacial score (nSPS) is 16.5. The van der Waals surface area contributed by atoms with Gasteiger partial charge in [0.25, 0.3) is 0 Å². The molecule has 6 nitrogen and oxygen atoms in total. The number of nitrogens with one attached hydrogen (secondary N) is 2. The Hall–Kier alpha value is -2.32. The van der Waals surface area contributed by atoms with Gasteiger partial charge in [-0.05, 0) is 36.2 Å². The van der Waals surface area contributed by atoms with Gasteiger partial charge >= 0.3 is 0 Å². The fraction of sp³-hybridized carbons (Fsp3) is 0.333. The minimum Gasteiger partial charge on any atom is -0.352 e. The Labute approximate surface area is 175 Å². The van der Waals surface area contributed by atoms with Crippen LogP contribution in [0.4, 0.5) is 5.69 Å². The third-order valence-corrected chi connectivity index (χ3v) is 7.61. The molecule has 1 aliphatic heterocycles. The van der Waals surface area contributed by atoms with Crippen molar-refractivity contribution in [3.05, 3.63) is 53.6 Å². The van der Waals surface area contributed by atoms with Crippen LogP contribution in [0.15, 0.2) is 52.3 Å². The summed E-state index contributed by atoms with van der Waals surface area (Å²) in [4.78, 5) is 25.0. The predicted molar refractivity (Wildman–Crippen MR) is 115 cm³/mol. The number of carbonyl (C=O) groups excluding carboxylic acids is 2. The van der Waals surface area contributed by atoms with E-state index in [1.165, 1.54) is 23.9 Å². The number of thioether (sulfide) groups is 1. The lowest BCUT2D eigenvalue weighted by Gasteiger charge is -2.11. The Morgan fingerprint density at radius 2 is 2.00 bits per heavy atom. The van der Waals surface area contributed by atoms with Crippen molar-refractivity contribution in [3.8, 4) is 0 Å². The number of carbonyl (C=O) groups is 2. The van der Waals surface area contributed by atoms with E-state index >= 15 is 0 Å². The topological polar surface area (TPSA) is 92.3 Å². The molecule has 0 radical (unpaired) electrons. The average molecular weight is 433 g/mol. The van der Waals surface area contributed by atoms with Crippen molar-refractivity contribution in [1.82, 2.24) is 5.32 Å². The molecular weight excluding hydrogens is 408 g/mol. The minimum absolute atomic E-state index is 0.110. The molecule has 0 saturated carbocycles. The largest absolute Gasteiger partial charge is 0.352 e. The molecule has 2 N–H and O–H groups in total. The summed E-state index contributed by atoms with van der Waals surface area (Å²) in [6.45, 7) is 4.29. The number of anilines is 1. The summed E-state index contributed by atoms with van der Waals surface area (Å²) >= 11 is 1.54. The highest BCUT2D eigenvalue weighted by atomic mass is 32.2. The van der Waals surface area contributed by atoms with Gasteiger partial charge in [-0.2, -0.15) is 0 Å². The molecule has 1 heterocycles. The molecule has 0 bridgehead atoms. The average Bonchev–Trinajstić information content (AvgIpc) is 2.81. The summed E-state index contributed by atoms with van der Waals surface area (Å²) in [5.74, 6) is -0.735. The summed E-state index contributed by atoms with van der Waals surface area (Å²) in [5, 5.41) is 5.66. The van der Waals surface area contributed by atoms with E-state index in [0.717, 1.165) is 16.0 Å². The molecule has 29 heavy (non-hydrogen) atoms. The molecule has 0 aromatic heterocycles. The van der Waals surface area contributed by atoms with Gasteiger partial charge in [0.1, 0.15) is 0 Å². The van der Waals surface area contributed by atoms with Crippen molar-refractivity contribution in [2.75, 3.05) is 11.1 Å². The van der Waals surface area contributed by atoms with Crippen molar-refractivity contribution in [2.24, 2.45) is 0 Å². The van der Waals surface area contributed by atoms with Crippen LogP contribution in [0.3, 0.4) is 0 Å². The quantitative estimate of drug-likeness (QED) is 0.731. The summed E-state index contributed by atoms with van der Waals surface area (Å²) in [5.41, 5.74) is 2.57. The van der Waals surface area contributed by atoms with Crippen LogP contribution in [0.25, 0.3) is 0 Å². The summed E-state index contributed by atoms with van der Waals surface area (Å²) in [7, 11) is -3.64. The minimum atomic E-state index is -3.64. The smallest absolute Gasteiger partial charge is 0.225 e. The molecule has 3 rings (SSSR count). The highest BCUT2D eigenvalue weighted by Crippen LogP contribution is 2.36. The maximum absolute atomic E-state index is 12.7. The molecule has 2 aromatic carbocycles. The van der Waals surface area contributed by atoms with Crippen LogP contribution in [0.2, 0.25) is 0 Å². The van der Waals surface area contributed by atoms with E-state index < -0.39 is 9.84 Å². The lowest BCUT2D eigenvalue weighted by Crippen LogP contribution is -2.25. The highest BCUT2D eigenvalue weighted by Gasteiger charge is 2.22. The van der Waals surface area contributed by atoms with Crippen molar-refractivity contribution >= 4 is 39.1 Å². The zero-order valence-electron chi connectivity index (χ0n) is 16.4. The molecule has 0 fully saturated rings. The molecule has 0 unspecified atom stereocenters. The fourth-order valence-electron chi connectivity index (χ4n) is 3.06. The first-order valence-corrected chi connectivity index (χ1v) is 11.9. The van der Waals surface area contributed by atoms with E-state index in [9.17, 15) is 18.0 Å². The highest BCUT2D eigenvalue weighted by molar-refractivity contribution is 8.00. The monoisotopic (exact) mass is 432 g/mol. The molecule has 154 valence electrons. The maximum atomic E-state index is 12.7. The number of sulfone groups is 1. The Balaban J connectivity index is 1.63. The van der Waals surface area contributed by atoms with Gasteiger partial charge in [-0.15, -0.1) is 11.8 Å². The molecule has 0 spiro atoms. The number of amides is 2. The van der Waals surface area contributed by atoms with Crippen LogP contribution >= 0.6 is 11.8 Å². The Kier molecular flexibility index (Phi) is 6.64. The van der Waals surface area contributed by atoms with Crippen molar-refractivity contribution in [3.63, 3.8) is 0 Å². The number of rotatable bonds is 6. The lowest BCUT2D eigenvalue weighted by atomic mass is 10.1. The van der Waals surface area contributed by atoms with Crippen LogP contribution in [0.1, 0.15) is 30.9 Å². The molecule has 1 atom stereocenters. The van der Waals surface area contributed by atoms with Crippen LogP contribution in [-0.4, -0.2) is 31.2 Å². The van der Waals surface area contributed by atoms with Gasteiger partial charge in [0.05, 0.1) is 16.3 Å². The van der Waals surface area contributed by atoms with E-state index in [1.54, 1.807) is 6.07 Å². The fourth-order valence-corrected chi connectivity index (χ4v) is 5.37. The lowest BCUT2D eigenvalue weighted by molar-refractivity contribution is -0.121. The van der Waals surface area contributed by atoms with Gasteiger partial charge in [-0.1, -0.05) is 31.2 Å². The number of aryl methyl sites for hydroxylation is 1. The third kappa shape index (κ3) is 5.61. The first-order valence-electron chi connectivity index (χ1n) is 9.39. The molecule has 2 aromatic rings. The Morgan fingerprint density at radius 1 is 1.24 bits per heavy atom. The molecule has 2 amide bonds. The zero-order chi connectivity index (χ0) is 21.0. The van der Waals surface area contributed by atoms with Gasteiger partial charge in [0.2, 0.25) is 11.8 Å². The van der Waals surface area contributed by atoms with Crippen molar-refractivity contribution in [1.29, 1.82) is 0 Å². The van der Waals surface area contributed by atoms with E-state index in [2.05, 4.69) is 10.6 Å². The van der Waals surface area contributed by atoms with Gasteiger partial charge in [-0.25, -0.2) is 8.42 Å². The van der Waals surface area contributed by atoms with E-state index in [1.807, 2.05) is 38.1 Å². The first kappa shape index (κ1) is 21.4. The number of hydrogen-bond donors (Lipinski definition) is 2. The maximum Gasteiger partial charge on any atom is 0.225 e. The predicted octanol–water partition coefficient (Wildman–Crippen LogP) is 3.30. The second-order valence-corrected chi connectivity index (χ2v) is 10.7. The summed E-state index contributed by atoms with van der Waals surface area (Å²) in [6, 6.07) is 12.4. The molecule has 0 saturated heterocycles. The van der Waals surface area contributed by atoms with Crippen LogP contribution in [0, 0.1) is 6.92 Å². The second kappa shape index (κ2) is 9.00. The van der Waals surface area contributed by atoms with Gasteiger partial charge in [0, 0.05) is 29.5 Å². The first-order chi connectivity index (χ1) is 13.7. The molecular formula is C21H24N2O4S2. The standard InChI is InChI=1S/C21H24N2O4S2/c1-14-5-3-4-6-16(14)13-22-20(24)9-10-29(26,27)17-7-8-19-18(12-17)23-21(25)11-15(2)28-19/h3-8,12,15H,9-11,13H2,1-2H3,(H,22,24)(H,23,25)/t15-/m0/s1. The third-order valence-electron chi connectivity index (χ3n) is 4.72. The van der Waals surface area contributed by atoms with Crippen LogP contribution in [-0.2, 0) is 26.0 Å². The molecule has 0 aliphatic carbocycles. The number of benzene rings is 2. The zero-order valence-corrected chi connectivity index (χ0v) is 18.0. The van der Waals surface area contributed by atoms with Gasteiger partial charge < -0.3 is 10.6 Å². The van der Waals surface area contributed by atoms with Crippen molar-refractivity contribution < 1.29 is 18.0 Å². The van der Waals surface area contributed by atoms with E-state index in [-0.39, 0.29) is 34.1 Å². The van der Waals surface area contributed by atoms with E-state index in [0.29, 0.717) is 18.7 Å². The number of fused-ring (bicyclic) bond motifs is 1. The van der Waals surface area contributed by atoms with Gasteiger partial charge in [0.15, 0.2) is 9.84 Å². The summed E-state index contributed by atoms with van der Waals surface area (Å²) < 4.78 is 25.4. The second-order valence-electron chi connectivity index (χ2n) is 7.11. The van der Waals surface area contributed by atoms with Crippen LogP contribution < -0.4 is 10.6 Å². The number of hydrogen-bond acceptors (Lipinski definition) is 5. The SMILES string of the molecule is Cc1ccccc1CNC(=O)CCS(=O)(=O)c1ccc2c(c1)NC(=O)C[C@H](C)S2. The van der Waals surface area contributed by atoms with Crippen molar-refractivity contribution in [2.45, 2.75) is 48.3 Å². The van der Waals surface area contributed by atoms with Gasteiger partial charge in [-0.3, -0.25) is 9.59 Å². The Bertz CT molecular complexity index is 1030. The van der Waals surface area contributed by atoms with E-state index in [4.69, 9.17) is 0 Å². The Morgan fingerprint density at radius 3 is 2.76 bits per heavy atom. The summed E-state index contributed by atoms with van der Waals surface area (Å²) in [6.07, 6.45) is 0.256. The molecule has 1 aliphatic rings. The molecule has 8 heteroatoms. The van der Waals surface area contributed by atoms with Crippen LogP contribution in [0.5, 0.6) is 0 Å².